The summed E-state index contributed by atoms with van der Waals surface area (Å²) in [5.41, 5.74) is 1.37. The van der Waals surface area contributed by atoms with Crippen LogP contribution >= 0.6 is 15.9 Å². The maximum Gasteiger partial charge on any atom is 0.125 e. The SMILES string of the molecule is Brc1ccc2c(c1)OCCC2N1CCCC1. The fourth-order valence-corrected chi connectivity index (χ4v) is 3.12. The number of hydrogen-bond acceptors (Lipinski definition) is 2. The van der Waals surface area contributed by atoms with Crippen LogP contribution in [0, 0.1) is 0 Å². The van der Waals surface area contributed by atoms with E-state index in [0.29, 0.717) is 6.04 Å². The average molecular weight is 282 g/mol. The van der Waals surface area contributed by atoms with Crippen molar-refractivity contribution in [3.05, 3.63) is 28.2 Å². The van der Waals surface area contributed by atoms with Gasteiger partial charge in [-0.25, -0.2) is 0 Å². The van der Waals surface area contributed by atoms with E-state index in [1.54, 1.807) is 0 Å². The molecule has 1 unspecified atom stereocenters. The summed E-state index contributed by atoms with van der Waals surface area (Å²) in [4.78, 5) is 2.61. The molecule has 16 heavy (non-hydrogen) atoms. The Morgan fingerprint density at radius 2 is 2.06 bits per heavy atom. The number of fused-ring (bicyclic) bond motifs is 1. The molecule has 0 saturated carbocycles. The van der Waals surface area contributed by atoms with Gasteiger partial charge >= 0.3 is 0 Å². The molecular weight excluding hydrogens is 266 g/mol. The van der Waals surface area contributed by atoms with Crippen molar-refractivity contribution in [2.75, 3.05) is 19.7 Å². The minimum absolute atomic E-state index is 0.583. The third-order valence-electron chi connectivity index (χ3n) is 3.56. The maximum absolute atomic E-state index is 5.74. The number of hydrogen-bond donors (Lipinski definition) is 0. The standard InChI is InChI=1S/C13H16BrNO/c14-10-3-4-11-12(15-6-1-2-7-15)5-8-16-13(11)9-10/h3-4,9,12H,1-2,5-8H2. The minimum Gasteiger partial charge on any atom is -0.493 e. The van der Waals surface area contributed by atoms with Crippen LogP contribution in [0.1, 0.15) is 30.9 Å². The molecule has 0 amide bonds. The summed E-state index contributed by atoms with van der Waals surface area (Å²) in [6, 6.07) is 7.01. The van der Waals surface area contributed by atoms with Gasteiger partial charge in [0.25, 0.3) is 0 Å². The molecule has 3 rings (SSSR count). The zero-order chi connectivity index (χ0) is 11.0. The van der Waals surface area contributed by atoms with Crippen LogP contribution in [-0.4, -0.2) is 24.6 Å². The van der Waals surface area contributed by atoms with Gasteiger partial charge in [-0.05, 0) is 38.1 Å². The van der Waals surface area contributed by atoms with Gasteiger partial charge < -0.3 is 4.74 Å². The second-order valence-corrected chi connectivity index (χ2v) is 5.49. The molecule has 0 spiro atoms. The predicted molar refractivity (Wildman–Crippen MR) is 67.8 cm³/mol. The van der Waals surface area contributed by atoms with Crippen LogP contribution in [0.25, 0.3) is 0 Å². The molecule has 0 radical (unpaired) electrons. The quantitative estimate of drug-likeness (QED) is 0.783. The van der Waals surface area contributed by atoms with Crippen molar-refractivity contribution >= 4 is 15.9 Å². The molecule has 1 atom stereocenters. The van der Waals surface area contributed by atoms with E-state index in [9.17, 15) is 0 Å². The zero-order valence-corrected chi connectivity index (χ0v) is 10.9. The lowest BCUT2D eigenvalue weighted by molar-refractivity contribution is 0.165. The van der Waals surface area contributed by atoms with E-state index >= 15 is 0 Å². The average Bonchev–Trinajstić information content (AvgIpc) is 2.81. The predicted octanol–water partition coefficient (Wildman–Crippen LogP) is 3.37. The Labute approximate surface area is 105 Å². The summed E-state index contributed by atoms with van der Waals surface area (Å²) in [6.07, 6.45) is 3.83. The Morgan fingerprint density at radius 1 is 1.25 bits per heavy atom. The summed E-state index contributed by atoms with van der Waals surface area (Å²) in [5, 5.41) is 0. The summed E-state index contributed by atoms with van der Waals surface area (Å²) in [5.74, 6) is 1.07. The first kappa shape index (κ1) is 10.6. The lowest BCUT2D eigenvalue weighted by Crippen LogP contribution is -2.30. The molecule has 1 aromatic rings. The first-order valence-electron chi connectivity index (χ1n) is 6.01. The van der Waals surface area contributed by atoms with Gasteiger partial charge in [0.05, 0.1) is 6.61 Å². The second-order valence-electron chi connectivity index (χ2n) is 4.58. The molecule has 2 aliphatic heterocycles. The molecule has 86 valence electrons. The third kappa shape index (κ3) is 1.87. The van der Waals surface area contributed by atoms with Crippen molar-refractivity contribution in [3.8, 4) is 5.75 Å². The number of ether oxygens (including phenoxy) is 1. The Bertz CT molecular complexity index is 388. The maximum atomic E-state index is 5.74. The van der Waals surface area contributed by atoms with Crippen LogP contribution in [-0.2, 0) is 0 Å². The highest BCUT2D eigenvalue weighted by Gasteiger charge is 2.28. The topological polar surface area (TPSA) is 12.5 Å². The van der Waals surface area contributed by atoms with Crippen molar-refractivity contribution < 1.29 is 4.74 Å². The molecule has 0 N–H and O–H groups in total. The smallest absolute Gasteiger partial charge is 0.125 e. The Morgan fingerprint density at radius 3 is 2.88 bits per heavy atom. The molecule has 2 nitrogen and oxygen atoms in total. The Balaban J connectivity index is 1.93. The summed E-state index contributed by atoms with van der Waals surface area (Å²) in [6.45, 7) is 3.35. The highest BCUT2D eigenvalue weighted by Crippen LogP contribution is 2.38. The van der Waals surface area contributed by atoms with Crippen LogP contribution in [0.5, 0.6) is 5.75 Å². The summed E-state index contributed by atoms with van der Waals surface area (Å²) in [7, 11) is 0. The van der Waals surface area contributed by atoms with Crippen molar-refractivity contribution in [1.82, 2.24) is 4.90 Å². The summed E-state index contributed by atoms with van der Waals surface area (Å²) >= 11 is 3.50. The minimum atomic E-state index is 0.583. The lowest BCUT2D eigenvalue weighted by atomic mass is 9.99. The van der Waals surface area contributed by atoms with Crippen molar-refractivity contribution in [3.63, 3.8) is 0 Å². The van der Waals surface area contributed by atoms with Crippen LogP contribution in [0.4, 0.5) is 0 Å². The number of likely N-dealkylation sites (tertiary alicyclic amines) is 1. The molecular formula is C13H16BrNO. The van der Waals surface area contributed by atoms with Gasteiger partial charge in [0.2, 0.25) is 0 Å². The fourth-order valence-electron chi connectivity index (χ4n) is 2.78. The van der Waals surface area contributed by atoms with E-state index in [-0.39, 0.29) is 0 Å². The van der Waals surface area contributed by atoms with Crippen LogP contribution < -0.4 is 4.74 Å². The Hall–Kier alpha value is -0.540. The molecule has 0 aliphatic carbocycles. The number of halogens is 1. The second kappa shape index (κ2) is 4.38. The molecule has 3 heteroatoms. The van der Waals surface area contributed by atoms with E-state index < -0.39 is 0 Å². The molecule has 1 saturated heterocycles. The van der Waals surface area contributed by atoms with E-state index in [1.807, 2.05) is 0 Å². The molecule has 2 heterocycles. The number of benzene rings is 1. The van der Waals surface area contributed by atoms with E-state index in [4.69, 9.17) is 4.74 Å². The highest BCUT2D eigenvalue weighted by molar-refractivity contribution is 9.10. The van der Waals surface area contributed by atoms with Gasteiger partial charge in [0.15, 0.2) is 0 Å². The van der Waals surface area contributed by atoms with Crippen LogP contribution in [0.2, 0.25) is 0 Å². The third-order valence-corrected chi connectivity index (χ3v) is 4.06. The number of rotatable bonds is 1. The van der Waals surface area contributed by atoms with Crippen molar-refractivity contribution in [2.45, 2.75) is 25.3 Å². The van der Waals surface area contributed by atoms with Crippen molar-refractivity contribution in [2.24, 2.45) is 0 Å². The lowest BCUT2D eigenvalue weighted by Gasteiger charge is -2.33. The first-order chi connectivity index (χ1) is 7.84. The molecule has 1 fully saturated rings. The van der Waals surface area contributed by atoms with Crippen LogP contribution in [0.3, 0.4) is 0 Å². The highest BCUT2D eigenvalue weighted by atomic mass is 79.9. The zero-order valence-electron chi connectivity index (χ0n) is 9.29. The molecule has 1 aromatic carbocycles. The first-order valence-corrected chi connectivity index (χ1v) is 6.80. The molecule has 0 bridgehead atoms. The van der Waals surface area contributed by atoms with Gasteiger partial charge in [-0.15, -0.1) is 0 Å². The summed E-state index contributed by atoms with van der Waals surface area (Å²) < 4.78 is 6.84. The van der Waals surface area contributed by atoms with Crippen molar-refractivity contribution in [1.29, 1.82) is 0 Å². The van der Waals surface area contributed by atoms with Crippen LogP contribution in [0.15, 0.2) is 22.7 Å². The fraction of sp³-hybridized carbons (Fsp3) is 0.538. The monoisotopic (exact) mass is 281 g/mol. The Kier molecular flexibility index (Phi) is 2.90. The largest absolute Gasteiger partial charge is 0.493 e. The number of nitrogens with zero attached hydrogens (tertiary/aromatic N) is 1. The normalized spacial score (nSPS) is 25.2. The molecule has 2 aliphatic rings. The van der Waals surface area contributed by atoms with E-state index in [0.717, 1.165) is 23.2 Å². The molecule has 0 aromatic heterocycles. The van der Waals surface area contributed by atoms with Gasteiger partial charge in [0.1, 0.15) is 5.75 Å². The van der Waals surface area contributed by atoms with Gasteiger partial charge in [-0.3, -0.25) is 4.90 Å². The van der Waals surface area contributed by atoms with Gasteiger partial charge in [-0.2, -0.15) is 0 Å². The van der Waals surface area contributed by atoms with E-state index in [1.165, 1.54) is 31.5 Å². The van der Waals surface area contributed by atoms with Gasteiger partial charge in [-0.1, -0.05) is 22.0 Å². The van der Waals surface area contributed by atoms with E-state index in [2.05, 4.69) is 39.0 Å². The van der Waals surface area contributed by atoms with Gasteiger partial charge in [0, 0.05) is 22.5 Å².